The van der Waals surface area contributed by atoms with E-state index in [4.69, 9.17) is 13.9 Å². The van der Waals surface area contributed by atoms with Gasteiger partial charge in [-0.25, -0.2) is 0 Å². The van der Waals surface area contributed by atoms with Crippen LogP contribution in [-0.2, 0) is 5.75 Å². The fourth-order valence-corrected chi connectivity index (χ4v) is 3.68. The van der Waals surface area contributed by atoms with Crippen molar-refractivity contribution >= 4 is 17.7 Å². The molecule has 1 unspecified atom stereocenters. The molecule has 2 aromatic carbocycles. The van der Waals surface area contributed by atoms with E-state index in [1.54, 1.807) is 18.0 Å². The maximum absolute atomic E-state index is 12.5. The number of carbonyl (C=O) groups excluding carboxylic acids is 1. The van der Waals surface area contributed by atoms with E-state index in [9.17, 15) is 4.79 Å². The number of benzene rings is 2. The largest absolute Gasteiger partial charge is 0.486 e. The summed E-state index contributed by atoms with van der Waals surface area (Å²) in [5.74, 6) is 2.19. The molecule has 1 aliphatic rings. The number of ether oxygens (including phenoxy) is 2. The lowest BCUT2D eigenvalue weighted by Crippen LogP contribution is -2.40. The van der Waals surface area contributed by atoms with E-state index < -0.39 is 0 Å². The third kappa shape index (κ3) is 4.28. The van der Waals surface area contributed by atoms with E-state index in [1.807, 2.05) is 60.7 Å². The Morgan fingerprint density at radius 2 is 1.81 bits per heavy atom. The SMILES string of the molecule is O=C(NCC1COc2ccccc2O1)c1occc1CSc1ccccc1. The van der Waals surface area contributed by atoms with Gasteiger partial charge in [-0.05, 0) is 30.3 Å². The van der Waals surface area contributed by atoms with Crippen LogP contribution in [0.5, 0.6) is 11.5 Å². The molecule has 0 spiro atoms. The number of hydrogen-bond acceptors (Lipinski definition) is 5. The standard InChI is InChI=1S/C21H19NO4S/c23-21(22-12-16-13-25-18-8-4-5-9-19(18)26-16)20-15(10-11-24-20)14-27-17-6-2-1-3-7-17/h1-11,16H,12-14H2,(H,22,23). The molecule has 0 saturated heterocycles. The molecule has 1 N–H and O–H groups in total. The molecule has 0 aliphatic carbocycles. The van der Waals surface area contributed by atoms with Gasteiger partial charge in [-0.1, -0.05) is 30.3 Å². The van der Waals surface area contributed by atoms with Crippen molar-refractivity contribution in [3.63, 3.8) is 0 Å². The number of furan rings is 1. The summed E-state index contributed by atoms with van der Waals surface area (Å²) in [6.07, 6.45) is 1.31. The van der Waals surface area contributed by atoms with Gasteiger partial charge in [-0.3, -0.25) is 4.79 Å². The van der Waals surface area contributed by atoms with Crippen LogP contribution in [0.2, 0.25) is 0 Å². The predicted molar refractivity (Wildman–Crippen MR) is 103 cm³/mol. The van der Waals surface area contributed by atoms with Crippen LogP contribution in [0, 0.1) is 0 Å². The Kier molecular flexibility index (Phi) is 5.34. The maximum Gasteiger partial charge on any atom is 0.287 e. The van der Waals surface area contributed by atoms with Crippen molar-refractivity contribution in [3.8, 4) is 11.5 Å². The molecule has 5 nitrogen and oxygen atoms in total. The van der Waals surface area contributed by atoms with E-state index in [0.717, 1.165) is 16.2 Å². The Bertz CT molecular complexity index is 909. The number of thioether (sulfide) groups is 1. The molecule has 27 heavy (non-hydrogen) atoms. The average Bonchev–Trinajstić information content (AvgIpc) is 3.20. The Labute approximate surface area is 161 Å². The second kappa shape index (κ2) is 8.22. The quantitative estimate of drug-likeness (QED) is 0.650. The topological polar surface area (TPSA) is 60.7 Å². The van der Waals surface area contributed by atoms with E-state index >= 15 is 0 Å². The third-order valence-electron chi connectivity index (χ3n) is 4.15. The van der Waals surface area contributed by atoms with Crippen molar-refractivity contribution in [3.05, 3.63) is 78.3 Å². The van der Waals surface area contributed by atoms with Crippen LogP contribution in [0.4, 0.5) is 0 Å². The number of amides is 1. The zero-order valence-electron chi connectivity index (χ0n) is 14.6. The molecular formula is C21H19NO4S. The highest BCUT2D eigenvalue weighted by molar-refractivity contribution is 7.98. The number of para-hydroxylation sites is 2. The van der Waals surface area contributed by atoms with Crippen molar-refractivity contribution < 1.29 is 18.7 Å². The molecular weight excluding hydrogens is 362 g/mol. The highest BCUT2D eigenvalue weighted by atomic mass is 32.2. The van der Waals surface area contributed by atoms with Crippen LogP contribution in [-0.4, -0.2) is 25.2 Å². The van der Waals surface area contributed by atoms with Gasteiger partial charge in [0.1, 0.15) is 12.7 Å². The molecule has 2 heterocycles. The lowest BCUT2D eigenvalue weighted by molar-refractivity contribution is 0.0772. The number of nitrogens with one attached hydrogen (secondary N) is 1. The molecule has 1 amide bonds. The van der Waals surface area contributed by atoms with Gasteiger partial charge >= 0.3 is 0 Å². The van der Waals surface area contributed by atoms with Gasteiger partial charge in [0.25, 0.3) is 5.91 Å². The first-order chi connectivity index (χ1) is 13.3. The van der Waals surface area contributed by atoms with Crippen molar-refractivity contribution in [2.75, 3.05) is 13.2 Å². The molecule has 6 heteroatoms. The lowest BCUT2D eigenvalue weighted by Gasteiger charge is -2.26. The van der Waals surface area contributed by atoms with Crippen molar-refractivity contribution in [2.45, 2.75) is 16.8 Å². The van der Waals surface area contributed by atoms with E-state index in [2.05, 4.69) is 5.32 Å². The van der Waals surface area contributed by atoms with Crippen LogP contribution in [0.3, 0.4) is 0 Å². The first-order valence-electron chi connectivity index (χ1n) is 8.70. The van der Waals surface area contributed by atoms with E-state index in [0.29, 0.717) is 30.4 Å². The summed E-state index contributed by atoms with van der Waals surface area (Å²) in [4.78, 5) is 13.7. The molecule has 1 aromatic heterocycles. The highest BCUT2D eigenvalue weighted by Gasteiger charge is 2.22. The molecule has 0 saturated carbocycles. The summed E-state index contributed by atoms with van der Waals surface area (Å²) < 4.78 is 16.9. The average molecular weight is 381 g/mol. The summed E-state index contributed by atoms with van der Waals surface area (Å²) in [7, 11) is 0. The van der Waals surface area contributed by atoms with Crippen LogP contribution < -0.4 is 14.8 Å². The van der Waals surface area contributed by atoms with Crippen LogP contribution in [0.15, 0.2) is 76.2 Å². The summed E-state index contributed by atoms with van der Waals surface area (Å²) in [6, 6.07) is 19.4. The summed E-state index contributed by atoms with van der Waals surface area (Å²) in [5, 5.41) is 2.88. The normalized spacial score (nSPS) is 15.3. The summed E-state index contributed by atoms with van der Waals surface area (Å²) >= 11 is 1.66. The molecule has 1 atom stereocenters. The molecule has 1 aliphatic heterocycles. The fraction of sp³-hybridized carbons (Fsp3) is 0.190. The Hall–Kier alpha value is -2.86. The zero-order valence-corrected chi connectivity index (χ0v) is 15.4. The van der Waals surface area contributed by atoms with Crippen LogP contribution >= 0.6 is 11.8 Å². The fourth-order valence-electron chi connectivity index (χ4n) is 2.78. The van der Waals surface area contributed by atoms with Crippen LogP contribution in [0.25, 0.3) is 0 Å². The van der Waals surface area contributed by atoms with Gasteiger partial charge in [-0.15, -0.1) is 11.8 Å². The number of hydrogen-bond donors (Lipinski definition) is 1. The minimum absolute atomic E-state index is 0.235. The smallest absolute Gasteiger partial charge is 0.287 e. The minimum atomic E-state index is -0.244. The van der Waals surface area contributed by atoms with Gasteiger partial charge < -0.3 is 19.2 Å². The van der Waals surface area contributed by atoms with Crippen molar-refractivity contribution in [1.29, 1.82) is 0 Å². The first-order valence-corrected chi connectivity index (χ1v) is 9.69. The summed E-state index contributed by atoms with van der Waals surface area (Å²) in [6.45, 7) is 0.741. The molecule has 4 rings (SSSR count). The Morgan fingerprint density at radius 3 is 2.67 bits per heavy atom. The molecule has 0 bridgehead atoms. The first kappa shape index (κ1) is 17.5. The van der Waals surface area contributed by atoms with Crippen molar-refractivity contribution in [1.82, 2.24) is 5.32 Å². The number of carbonyl (C=O) groups is 1. The Balaban J connectivity index is 1.32. The second-order valence-corrected chi connectivity index (χ2v) is 7.13. The zero-order chi connectivity index (χ0) is 18.5. The summed E-state index contributed by atoms with van der Waals surface area (Å²) in [5.41, 5.74) is 0.868. The number of rotatable bonds is 6. The third-order valence-corrected chi connectivity index (χ3v) is 5.21. The molecule has 0 fully saturated rings. The van der Waals surface area contributed by atoms with Gasteiger partial charge in [0, 0.05) is 16.2 Å². The molecule has 3 aromatic rings. The van der Waals surface area contributed by atoms with E-state index in [1.165, 1.54) is 0 Å². The molecule has 0 radical (unpaired) electrons. The van der Waals surface area contributed by atoms with Gasteiger partial charge in [0.15, 0.2) is 17.3 Å². The highest BCUT2D eigenvalue weighted by Crippen LogP contribution is 2.30. The molecule has 138 valence electrons. The van der Waals surface area contributed by atoms with Crippen molar-refractivity contribution in [2.24, 2.45) is 0 Å². The van der Waals surface area contributed by atoms with E-state index in [-0.39, 0.29) is 12.0 Å². The Morgan fingerprint density at radius 1 is 1.04 bits per heavy atom. The predicted octanol–water partition coefficient (Wildman–Crippen LogP) is 4.14. The maximum atomic E-state index is 12.5. The lowest BCUT2D eigenvalue weighted by atomic mass is 10.2. The number of fused-ring (bicyclic) bond motifs is 1. The van der Waals surface area contributed by atoms with Gasteiger partial charge in [0.2, 0.25) is 0 Å². The van der Waals surface area contributed by atoms with Crippen LogP contribution in [0.1, 0.15) is 16.1 Å². The monoisotopic (exact) mass is 381 g/mol. The van der Waals surface area contributed by atoms with Gasteiger partial charge in [0.05, 0.1) is 12.8 Å². The second-order valence-electron chi connectivity index (χ2n) is 6.08. The van der Waals surface area contributed by atoms with Gasteiger partial charge in [-0.2, -0.15) is 0 Å². The minimum Gasteiger partial charge on any atom is -0.486 e.